The van der Waals surface area contributed by atoms with E-state index in [1.54, 1.807) is 0 Å². The highest BCUT2D eigenvalue weighted by molar-refractivity contribution is 14.1. The Bertz CT molecular complexity index is 755. The molecule has 22 heavy (non-hydrogen) atoms. The molecule has 0 aliphatic carbocycles. The summed E-state index contributed by atoms with van der Waals surface area (Å²) < 4.78 is 2.96. The minimum atomic E-state index is -0.849. The van der Waals surface area contributed by atoms with E-state index in [9.17, 15) is 9.90 Å². The van der Waals surface area contributed by atoms with E-state index in [1.165, 1.54) is 11.3 Å². The Kier molecular flexibility index (Phi) is 3.35. The molecule has 1 saturated heterocycles. The van der Waals surface area contributed by atoms with Crippen LogP contribution in [0.2, 0.25) is 0 Å². The smallest absolute Gasteiger partial charge is 0.407 e. The summed E-state index contributed by atoms with van der Waals surface area (Å²) in [6.07, 6.45) is 3.55. The van der Waals surface area contributed by atoms with Crippen LogP contribution in [0, 0.1) is 3.57 Å². The standard InChI is InChI=1S/C14H16IN5O2/c15-10-8-16-20-12(10)17-11-3-7-19(14(21)22)6-2-9(11)13(20)18-4-1-5-18/h8H,1-7H2,(H,21,22). The number of nitrogens with zero attached hydrogens (tertiary/aromatic N) is 5. The first-order valence-electron chi connectivity index (χ1n) is 7.43. The third kappa shape index (κ3) is 2.11. The first-order valence-corrected chi connectivity index (χ1v) is 8.51. The van der Waals surface area contributed by atoms with E-state index in [-0.39, 0.29) is 0 Å². The van der Waals surface area contributed by atoms with Gasteiger partial charge in [0.15, 0.2) is 5.65 Å². The SMILES string of the molecule is O=C(O)N1CCc2nc3c(I)cnn3c(N3CCC3)c2CC1. The van der Waals surface area contributed by atoms with Gasteiger partial charge in [0.25, 0.3) is 0 Å². The van der Waals surface area contributed by atoms with Gasteiger partial charge in [0.2, 0.25) is 0 Å². The minimum Gasteiger partial charge on any atom is -0.465 e. The van der Waals surface area contributed by atoms with Gasteiger partial charge in [-0.2, -0.15) is 9.61 Å². The van der Waals surface area contributed by atoms with Crippen molar-refractivity contribution in [2.24, 2.45) is 0 Å². The maximum absolute atomic E-state index is 11.3. The summed E-state index contributed by atoms with van der Waals surface area (Å²) in [6.45, 7) is 3.10. The molecule has 7 nitrogen and oxygen atoms in total. The molecular formula is C14H16IN5O2. The third-order valence-corrected chi connectivity index (χ3v) is 5.20. The summed E-state index contributed by atoms with van der Waals surface area (Å²) in [4.78, 5) is 19.8. The van der Waals surface area contributed by atoms with E-state index in [4.69, 9.17) is 4.98 Å². The Hall–Kier alpha value is -1.58. The van der Waals surface area contributed by atoms with Gasteiger partial charge in [-0.25, -0.2) is 9.78 Å². The normalized spacial score (nSPS) is 18.0. The second-order valence-corrected chi connectivity index (χ2v) is 6.86. The first-order chi connectivity index (χ1) is 10.6. The number of halogens is 1. The van der Waals surface area contributed by atoms with Crippen molar-refractivity contribution >= 4 is 40.1 Å². The number of fused-ring (bicyclic) bond motifs is 2. The van der Waals surface area contributed by atoms with Crippen LogP contribution in [0.15, 0.2) is 6.20 Å². The molecule has 2 aromatic rings. The van der Waals surface area contributed by atoms with Crippen molar-refractivity contribution < 1.29 is 9.90 Å². The lowest BCUT2D eigenvalue weighted by Gasteiger charge is -2.35. The molecule has 0 bridgehead atoms. The summed E-state index contributed by atoms with van der Waals surface area (Å²) in [6, 6.07) is 0. The summed E-state index contributed by atoms with van der Waals surface area (Å²) in [5.74, 6) is 1.11. The van der Waals surface area contributed by atoms with Crippen LogP contribution in [0.5, 0.6) is 0 Å². The van der Waals surface area contributed by atoms with Crippen molar-refractivity contribution in [1.82, 2.24) is 19.5 Å². The van der Waals surface area contributed by atoms with Crippen molar-refractivity contribution in [1.29, 1.82) is 0 Å². The average molecular weight is 413 g/mol. The molecule has 0 saturated carbocycles. The fourth-order valence-corrected chi connectivity index (χ4v) is 3.61. The number of carboxylic acid groups (broad SMARTS) is 1. The molecule has 1 N–H and O–H groups in total. The Labute approximate surface area is 141 Å². The molecule has 116 valence electrons. The predicted octanol–water partition coefficient (Wildman–Crippen LogP) is 1.62. The van der Waals surface area contributed by atoms with E-state index < -0.39 is 6.09 Å². The van der Waals surface area contributed by atoms with Crippen LogP contribution in [-0.2, 0) is 12.8 Å². The van der Waals surface area contributed by atoms with Crippen LogP contribution >= 0.6 is 22.6 Å². The number of hydrogen-bond acceptors (Lipinski definition) is 4. The van der Waals surface area contributed by atoms with E-state index in [1.807, 2.05) is 10.7 Å². The lowest BCUT2D eigenvalue weighted by atomic mass is 10.1. The minimum absolute atomic E-state index is 0.510. The maximum Gasteiger partial charge on any atom is 0.407 e. The predicted molar refractivity (Wildman–Crippen MR) is 89.5 cm³/mol. The molecule has 2 aliphatic rings. The molecule has 0 atom stereocenters. The number of hydrogen-bond donors (Lipinski definition) is 1. The Morgan fingerprint density at radius 1 is 1.23 bits per heavy atom. The van der Waals surface area contributed by atoms with Crippen molar-refractivity contribution in [2.45, 2.75) is 19.3 Å². The summed E-state index contributed by atoms with van der Waals surface area (Å²) in [5.41, 5.74) is 3.07. The summed E-state index contributed by atoms with van der Waals surface area (Å²) in [5, 5.41) is 13.7. The monoisotopic (exact) mass is 413 g/mol. The van der Waals surface area contributed by atoms with Crippen LogP contribution in [0.1, 0.15) is 17.7 Å². The van der Waals surface area contributed by atoms with E-state index in [2.05, 4.69) is 32.6 Å². The maximum atomic E-state index is 11.3. The largest absolute Gasteiger partial charge is 0.465 e. The number of rotatable bonds is 1. The van der Waals surface area contributed by atoms with Crippen molar-refractivity contribution in [2.75, 3.05) is 31.1 Å². The molecule has 8 heteroatoms. The molecule has 0 unspecified atom stereocenters. The van der Waals surface area contributed by atoms with Crippen molar-refractivity contribution in [3.05, 3.63) is 21.0 Å². The molecule has 1 amide bonds. The molecule has 2 aromatic heterocycles. The quantitative estimate of drug-likeness (QED) is 0.720. The Morgan fingerprint density at radius 3 is 2.68 bits per heavy atom. The lowest BCUT2D eigenvalue weighted by molar-refractivity contribution is 0.147. The van der Waals surface area contributed by atoms with Gasteiger partial charge in [-0.05, 0) is 35.4 Å². The van der Waals surface area contributed by atoms with Gasteiger partial charge < -0.3 is 14.9 Å². The van der Waals surface area contributed by atoms with Crippen LogP contribution in [0.25, 0.3) is 5.65 Å². The summed E-state index contributed by atoms with van der Waals surface area (Å²) >= 11 is 2.25. The molecule has 4 rings (SSSR count). The van der Waals surface area contributed by atoms with Crippen LogP contribution in [0.4, 0.5) is 10.6 Å². The molecule has 1 fully saturated rings. The Morgan fingerprint density at radius 2 is 2.00 bits per heavy atom. The first kappa shape index (κ1) is 14.0. The highest BCUT2D eigenvalue weighted by atomic mass is 127. The zero-order valence-corrected chi connectivity index (χ0v) is 14.2. The van der Waals surface area contributed by atoms with Crippen LogP contribution < -0.4 is 4.90 Å². The van der Waals surface area contributed by atoms with Crippen molar-refractivity contribution in [3.63, 3.8) is 0 Å². The zero-order chi connectivity index (χ0) is 15.3. The fraction of sp³-hybridized carbons (Fsp3) is 0.500. The van der Waals surface area contributed by atoms with E-state index >= 15 is 0 Å². The van der Waals surface area contributed by atoms with Gasteiger partial charge in [-0.1, -0.05) is 0 Å². The second kappa shape index (κ2) is 5.25. The molecule has 2 aliphatic heterocycles. The number of amides is 1. The molecule has 0 spiro atoms. The summed E-state index contributed by atoms with van der Waals surface area (Å²) in [7, 11) is 0. The second-order valence-electron chi connectivity index (χ2n) is 5.70. The molecular weight excluding hydrogens is 397 g/mol. The van der Waals surface area contributed by atoms with Gasteiger partial charge in [0.1, 0.15) is 5.82 Å². The van der Waals surface area contributed by atoms with Gasteiger partial charge in [-0.15, -0.1) is 0 Å². The Balaban J connectivity index is 1.86. The number of carbonyl (C=O) groups is 1. The van der Waals surface area contributed by atoms with Crippen LogP contribution in [0.3, 0.4) is 0 Å². The number of aromatic nitrogens is 3. The molecule has 0 radical (unpaired) electrons. The third-order valence-electron chi connectivity index (χ3n) is 4.44. The van der Waals surface area contributed by atoms with Crippen molar-refractivity contribution in [3.8, 4) is 0 Å². The topological polar surface area (TPSA) is 74.0 Å². The van der Waals surface area contributed by atoms with Crippen LogP contribution in [-0.4, -0.2) is 56.9 Å². The molecule has 4 heterocycles. The number of anilines is 1. The van der Waals surface area contributed by atoms with E-state index in [0.717, 1.165) is 39.4 Å². The lowest BCUT2D eigenvalue weighted by Crippen LogP contribution is -2.39. The van der Waals surface area contributed by atoms with Gasteiger partial charge in [-0.3, -0.25) is 0 Å². The fourth-order valence-electron chi connectivity index (χ4n) is 3.14. The van der Waals surface area contributed by atoms with Gasteiger partial charge in [0.05, 0.1) is 15.5 Å². The highest BCUT2D eigenvalue weighted by Crippen LogP contribution is 2.31. The molecule has 0 aromatic carbocycles. The zero-order valence-electron chi connectivity index (χ0n) is 12.0. The van der Waals surface area contributed by atoms with Gasteiger partial charge >= 0.3 is 6.09 Å². The van der Waals surface area contributed by atoms with E-state index in [0.29, 0.717) is 25.9 Å². The average Bonchev–Trinajstić information content (AvgIpc) is 2.68. The highest BCUT2D eigenvalue weighted by Gasteiger charge is 2.28. The van der Waals surface area contributed by atoms with Gasteiger partial charge in [0, 0.05) is 38.2 Å².